The third-order valence-electron chi connectivity index (χ3n) is 5.56. The second kappa shape index (κ2) is 3.52. The van der Waals surface area contributed by atoms with Crippen LogP contribution in [0, 0.1) is 23.7 Å². The highest BCUT2D eigenvalue weighted by Crippen LogP contribution is 2.71. The van der Waals surface area contributed by atoms with Crippen molar-refractivity contribution < 1.29 is 5.11 Å². The van der Waals surface area contributed by atoms with Gasteiger partial charge in [-0.3, -0.25) is 14.3 Å². The van der Waals surface area contributed by atoms with Gasteiger partial charge in [0.15, 0.2) is 0 Å². The molecule has 0 aromatic carbocycles. The highest BCUT2D eigenvalue weighted by atomic mass is 16.3. The average molecular weight is 262 g/mol. The van der Waals surface area contributed by atoms with Crippen LogP contribution in [0.5, 0.6) is 5.88 Å². The number of aromatic hydroxyl groups is 1. The Kier molecular flexibility index (Phi) is 2.10. The van der Waals surface area contributed by atoms with Gasteiger partial charge < -0.3 is 5.11 Å². The first-order chi connectivity index (χ1) is 9.13. The number of rotatable bonds is 2. The Bertz CT molecular complexity index is 644. The number of H-pyrrole nitrogens is 1. The molecule has 1 aromatic heterocycles. The first kappa shape index (κ1) is 11.3. The topological polar surface area (TPSA) is 75.1 Å². The number of fused-ring (bicyclic) bond motifs is 5. The Morgan fingerprint density at radius 2 is 1.89 bits per heavy atom. The van der Waals surface area contributed by atoms with E-state index in [4.69, 9.17) is 0 Å². The molecule has 102 valence electrons. The van der Waals surface area contributed by atoms with E-state index in [1.54, 1.807) is 0 Å². The summed E-state index contributed by atoms with van der Waals surface area (Å²) in [7, 11) is 0. The average Bonchev–Trinajstić information content (AvgIpc) is 2.79. The fourth-order valence-electron chi connectivity index (χ4n) is 4.80. The van der Waals surface area contributed by atoms with Gasteiger partial charge in [-0.2, -0.15) is 0 Å². The monoisotopic (exact) mass is 262 g/mol. The molecule has 0 saturated heterocycles. The van der Waals surface area contributed by atoms with Crippen molar-refractivity contribution in [1.82, 2.24) is 9.55 Å². The lowest BCUT2D eigenvalue weighted by Gasteiger charge is -2.14. The molecule has 4 unspecified atom stereocenters. The first-order valence-corrected chi connectivity index (χ1v) is 7.20. The highest BCUT2D eigenvalue weighted by molar-refractivity contribution is 5.27. The largest absolute Gasteiger partial charge is 0.494 e. The van der Waals surface area contributed by atoms with E-state index in [2.05, 4.69) is 4.98 Å². The van der Waals surface area contributed by atoms with Crippen molar-refractivity contribution in [3.8, 4) is 5.88 Å². The molecule has 3 saturated carbocycles. The zero-order valence-electron chi connectivity index (χ0n) is 10.9. The van der Waals surface area contributed by atoms with Crippen LogP contribution in [0.1, 0.15) is 37.8 Å². The summed E-state index contributed by atoms with van der Waals surface area (Å²) in [5, 5.41) is 10.3. The third kappa shape index (κ3) is 1.30. The molecule has 2 N–H and O–H groups in total. The lowest BCUT2D eigenvalue weighted by Crippen LogP contribution is -2.32. The predicted molar refractivity (Wildman–Crippen MR) is 69.2 cm³/mol. The van der Waals surface area contributed by atoms with Crippen LogP contribution < -0.4 is 11.2 Å². The van der Waals surface area contributed by atoms with E-state index in [1.807, 2.05) is 6.92 Å². The SMILES string of the molecule is CCc1c(O)n(C2C3C4CCC(C4)C32)c(=O)[nH]c1=O. The lowest BCUT2D eigenvalue weighted by molar-refractivity contribution is 0.360. The normalized spacial score (nSPS) is 38.5. The maximum atomic E-state index is 12.0. The summed E-state index contributed by atoms with van der Waals surface area (Å²) in [6.45, 7) is 1.82. The molecule has 0 aliphatic heterocycles. The van der Waals surface area contributed by atoms with E-state index >= 15 is 0 Å². The van der Waals surface area contributed by atoms with Gasteiger partial charge in [-0.1, -0.05) is 6.92 Å². The number of aromatic nitrogens is 2. The number of nitrogens with one attached hydrogen (secondary N) is 1. The van der Waals surface area contributed by atoms with Gasteiger partial charge in [0.25, 0.3) is 5.56 Å². The summed E-state index contributed by atoms with van der Waals surface area (Å²) in [6.07, 6.45) is 4.27. The van der Waals surface area contributed by atoms with E-state index in [-0.39, 0.29) is 11.9 Å². The molecule has 4 rings (SSSR count). The maximum absolute atomic E-state index is 12.0. The molecule has 3 aliphatic carbocycles. The summed E-state index contributed by atoms with van der Waals surface area (Å²) in [4.78, 5) is 26.0. The summed E-state index contributed by atoms with van der Waals surface area (Å²) >= 11 is 0. The van der Waals surface area contributed by atoms with Crippen LogP contribution in [-0.4, -0.2) is 14.7 Å². The van der Waals surface area contributed by atoms with E-state index < -0.39 is 11.2 Å². The smallest absolute Gasteiger partial charge is 0.331 e. The molecule has 5 heteroatoms. The molecule has 2 bridgehead atoms. The van der Waals surface area contributed by atoms with Crippen LogP contribution in [0.25, 0.3) is 0 Å². The molecule has 0 amide bonds. The van der Waals surface area contributed by atoms with Crippen molar-refractivity contribution >= 4 is 0 Å². The maximum Gasteiger partial charge on any atom is 0.331 e. The summed E-state index contributed by atoms with van der Waals surface area (Å²) < 4.78 is 1.46. The van der Waals surface area contributed by atoms with Crippen LogP contribution in [0.15, 0.2) is 9.59 Å². The molecule has 3 aliphatic rings. The predicted octanol–water partition coefficient (Wildman–Crippen LogP) is 1.02. The molecule has 0 radical (unpaired) electrons. The second-order valence-corrected chi connectivity index (χ2v) is 6.26. The van der Waals surface area contributed by atoms with Gasteiger partial charge in [-0.25, -0.2) is 4.79 Å². The standard InChI is InChI=1S/C14H18N2O3/c1-2-8-12(17)15-14(19)16(13(8)18)11-9-6-3-4-7(5-6)10(9)11/h6-7,9-11,18H,2-5H2,1H3,(H,15,17,19). The first-order valence-electron chi connectivity index (χ1n) is 7.20. The van der Waals surface area contributed by atoms with Crippen molar-refractivity contribution in [2.45, 2.75) is 38.6 Å². The zero-order valence-corrected chi connectivity index (χ0v) is 10.9. The summed E-state index contributed by atoms with van der Waals surface area (Å²) in [5.74, 6) is 2.46. The van der Waals surface area contributed by atoms with E-state index in [1.165, 1.54) is 23.8 Å². The molecule has 3 fully saturated rings. The van der Waals surface area contributed by atoms with Crippen LogP contribution in [0.4, 0.5) is 0 Å². The Hall–Kier alpha value is -1.52. The van der Waals surface area contributed by atoms with E-state index in [0.717, 1.165) is 11.8 Å². The molecule has 19 heavy (non-hydrogen) atoms. The number of hydrogen-bond donors (Lipinski definition) is 2. The number of nitrogens with zero attached hydrogens (tertiary/aromatic N) is 1. The summed E-state index contributed by atoms with van der Waals surface area (Å²) in [5.41, 5.74) is -0.564. The van der Waals surface area contributed by atoms with Gasteiger partial charge in [0.05, 0.1) is 5.56 Å². The van der Waals surface area contributed by atoms with Crippen LogP contribution >= 0.6 is 0 Å². The molecular weight excluding hydrogens is 244 g/mol. The Labute approximate surface area is 110 Å². The highest BCUT2D eigenvalue weighted by Gasteiger charge is 2.66. The van der Waals surface area contributed by atoms with Crippen molar-refractivity contribution in [3.63, 3.8) is 0 Å². The quantitative estimate of drug-likeness (QED) is 0.835. The fraction of sp³-hybridized carbons (Fsp3) is 0.714. The molecule has 4 atom stereocenters. The molecular formula is C14H18N2O3. The summed E-state index contributed by atoms with van der Waals surface area (Å²) in [6, 6.07) is 0.126. The molecule has 1 aromatic rings. The molecule has 1 heterocycles. The van der Waals surface area contributed by atoms with Crippen LogP contribution in [-0.2, 0) is 6.42 Å². The third-order valence-corrected chi connectivity index (χ3v) is 5.56. The van der Waals surface area contributed by atoms with E-state index in [9.17, 15) is 14.7 Å². The van der Waals surface area contributed by atoms with Crippen LogP contribution in [0.2, 0.25) is 0 Å². The molecule has 0 spiro atoms. The Morgan fingerprint density at radius 1 is 1.26 bits per heavy atom. The lowest BCUT2D eigenvalue weighted by atomic mass is 10.0. The Balaban J connectivity index is 1.82. The van der Waals surface area contributed by atoms with Crippen molar-refractivity contribution in [2.75, 3.05) is 0 Å². The minimum atomic E-state index is -0.449. The van der Waals surface area contributed by atoms with Gasteiger partial charge in [0.1, 0.15) is 0 Å². The fourth-order valence-corrected chi connectivity index (χ4v) is 4.80. The Morgan fingerprint density at radius 3 is 2.47 bits per heavy atom. The van der Waals surface area contributed by atoms with Crippen molar-refractivity contribution in [3.05, 3.63) is 26.4 Å². The number of hydrogen-bond acceptors (Lipinski definition) is 3. The molecule has 5 nitrogen and oxygen atoms in total. The minimum absolute atomic E-state index is 0.102. The van der Waals surface area contributed by atoms with Gasteiger partial charge in [-0.15, -0.1) is 0 Å². The van der Waals surface area contributed by atoms with Crippen LogP contribution in [0.3, 0.4) is 0 Å². The van der Waals surface area contributed by atoms with E-state index in [0.29, 0.717) is 23.8 Å². The van der Waals surface area contributed by atoms with Gasteiger partial charge in [0, 0.05) is 6.04 Å². The van der Waals surface area contributed by atoms with Gasteiger partial charge in [0.2, 0.25) is 5.88 Å². The second-order valence-electron chi connectivity index (χ2n) is 6.26. The van der Waals surface area contributed by atoms with Crippen molar-refractivity contribution in [2.24, 2.45) is 23.7 Å². The van der Waals surface area contributed by atoms with Crippen molar-refractivity contribution in [1.29, 1.82) is 0 Å². The number of aromatic amines is 1. The van der Waals surface area contributed by atoms with Gasteiger partial charge >= 0.3 is 5.69 Å². The van der Waals surface area contributed by atoms with Gasteiger partial charge in [-0.05, 0) is 49.4 Å². The minimum Gasteiger partial charge on any atom is -0.494 e. The zero-order chi connectivity index (χ0) is 13.3.